The highest BCUT2D eigenvalue weighted by Gasteiger charge is 2.30. The Morgan fingerprint density at radius 2 is 2.16 bits per heavy atom. The number of likely N-dealkylation sites (tertiary alicyclic amines) is 1. The molecule has 2 aromatic heterocycles. The molecule has 2 N–H and O–H groups in total. The summed E-state index contributed by atoms with van der Waals surface area (Å²) in [6.07, 6.45) is 2.52. The Hall–Kier alpha value is -3.14. The van der Waals surface area contributed by atoms with Crippen LogP contribution in [0.25, 0.3) is 10.9 Å². The smallest absolute Gasteiger partial charge is 0.333 e. The molecule has 11 heteroatoms. The molecular formula is C21H23ClF2N6O2. The number of hydrogen-bond acceptors (Lipinski definition) is 3. The van der Waals surface area contributed by atoms with E-state index in [1.807, 2.05) is 18.2 Å². The van der Waals surface area contributed by atoms with Crippen LogP contribution in [-0.2, 0) is 6.54 Å². The lowest BCUT2D eigenvalue weighted by Gasteiger charge is -2.37. The molecule has 3 heterocycles. The number of fused-ring (bicyclic) bond motifs is 1. The Morgan fingerprint density at radius 1 is 1.34 bits per heavy atom. The third-order valence-electron chi connectivity index (χ3n) is 5.65. The number of halogens is 3. The highest BCUT2D eigenvalue weighted by molar-refractivity contribution is 6.31. The highest BCUT2D eigenvalue weighted by atomic mass is 35.5. The molecule has 0 saturated carbocycles. The van der Waals surface area contributed by atoms with Gasteiger partial charge in [0.1, 0.15) is 0 Å². The van der Waals surface area contributed by atoms with Crippen LogP contribution in [-0.4, -0.2) is 62.7 Å². The van der Waals surface area contributed by atoms with Crippen LogP contribution in [0.5, 0.6) is 0 Å². The zero-order chi connectivity index (χ0) is 22.8. The molecule has 1 aromatic carbocycles. The van der Waals surface area contributed by atoms with Gasteiger partial charge in [0.05, 0.1) is 12.6 Å². The van der Waals surface area contributed by atoms with Crippen molar-refractivity contribution in [1.82, 2.24) is 29.9 Å². The van der Waals surface area contributed by atoms with Crippen molar-refractivity contribution in [3.63, 3.8) is 0 Å². The van der Waals surface area contributed by atoms with Crippen molar-refractivity contribution in [2.24, 2.45) is 0 Å². The van der Waals surface area contributed by atoms with E-state index in [0.29, 0.717) is 35.8 Å². The Balaban J connectivity index is 1.34. The first-order valence-corrected chi connectivity index (χ1v) is 10.6. The van der Waals surface area contributed by atoms with Crippen molar-refractivity contribution in [2.45, 2.75) is 32.0 Å². The van der Waals surface area contributed by atoms with Gasteiger partial charge in [-0.25, -0.2) is 9.48 Å². The highest BCUT2D eigenvalue weighted by Crippen LogP contribution is 2.21. The second-order valence-corrected chi connectivity index (χ2v) is 8.24. The molecule has 1 atom stereocenters. The van der Waals surface area contributed by atoms with Crippen LogP contribution in [0, 0.1) is 0 Å². The Labute approximate surface area is 188 Å². The van der Waals surface area contributed by atoms with Crippen molar-refractivity contribution in [2.75, 3.05) is 20.1 Å². The molecule has 3 amide bonds. The molecule has 1 unspecified atom stereocenters. The minimum atomic E-state index is -2.80. The lowest BCUT2D eigenvalue weighted by Crippen LogP contribution is -2.52. The van der Waals surface area contributed by atoms with E-state index in [-0.39, 0.29) is 17.8 Å². The SMILES string of the molecule is CN(C(=O)NCc1cc2cc(Cl)ccc2[nH]1)C1CCCN(C(=O)c2ccn(C(F)F)n2)C1. The molecule has 32 heavy (non-hydrogen) atoms. The predicted molar refractivity (Wildman–Crippen MR) is 116 cm³/mol. The summed E-state index contributed by atoms with van der Waals surface area (Å²) in [6, 6.07) is 8.29. The van der Waals surface area contributed by atoms with Gasteiger partial charge in [-0.15, -0.1) is 0 Å². The molecule has 1 fully saturated rings. The van der Waals surface area contributed by atoms with Crippen molar-refractivity contribution in [1.29, 1.82) is 0 Å². The number of alkyl halides is 2. The second-order valence-electron chi connectivity index (χ2n) is 7.80. The fourth-order valence-corrected chi connectivity index (χ4v) is 4.08. The van der Waals surface area contributed by atoms with Gasteiger partial charge in [-0.05, 0) is 43.2 Å². The van der Waals surface area contributed by atoms with Crippen molar-refractivity contribution >= 4 is 34.4 Å². The number of nitrogens with zero attached hydrogens (tertiary/aromatic N) is 4. The molecule has 3 aromatic rings. The molecule has 1 aliphatic heterocycles. The van der Waals surface area contributed by atoms with E-state index in [1.165, 1.54) is 6.07 Å². The molecule has 170 valence electrons. The number of likely N-dealkylation sites (N-methyl/N-ethyl adjacent to an activating group) is 1. The number of piperidine rings is 1. The third-order valence-corrected chi connectivity index (χ3v) is 5.88. The zero-order valence-corrected chi connectivity index (χ0v) is 18.1. The van der Waals surface area contributed by atoms with E-state index >= 15 is 0 Å². The third kappa shape index (κ3) is 4.69. The van der Waals surface area contributed by atoms with Gasteiger partial charge < -0.3 is 20.1 Å². The summed E-state index contributed by atoms with van der Waals surface area (Å²) < 4.78 is 25.9. The summed E-state index contributed by atoms with van der Waals surface area (Å²) in [5.41, 5.74) is 1.75. The van der Waals surface area contributed by atoms with Gasteiger partial charge in [-0.2, -0.15) is 13.9 Å². The maximum Gasteiger partial charge on any atom is 0.333 e. The molecule has 1 aliphatic rings. The molecule has 4 rings (SSSR count). The van der Waals surface area contributed by atoms with E-state index in [1.54, 1.807) is 22.9 Å². The molecule has 0 radical (unpaired) electrons. The minimum absolute atomic E-state index is 0.0306. The van der Waals surface area contributed by atoms with Crippen molar-refractivity contribution < 1.29 is 18.4 Å². The van der Waals surface area contributed by atoms with E-state index in [0.717, 1.165) is 29.2 Å². The number of rotatable bonds is 5. The number of nitrogens with one attached hydrogen (secondary N) is 2. The van der Waals surface area contributed by atoms with Crippen LogP contribution >= 0.6 is 11.6 Å². The number of amides is 3. The summed E-state index contributed by atoms with van der Waals surface area (Å²) in [7, 11) is 1.68. The summed E-state index contributed by atoms with van der Waals surface area (Å²) >= 11 is 6.01. The number of urea groups is 1. The van der Waals surface area contributed by atoms with Crippen molar-refractivity contribution in [3.8, 4) is 0 Å². The first-order valence-electron chi connectivity index (χ1n) is 10.2. The second kappa shape index (κ2) is 9.15. The average Bonchev–Trinajstić information content (AvgIpc) is 3.43. The first kappa shape index (κ1) is 22.1. The van der Waals surface area contributed by atoms with E-state index in [4.69, 9.17) is 11.6 Å². The van der Waals surface area contributed by atoms with Crippen LogP contribution in [0.15, 0.2) is 36.5 Å². The van der Waals surface area contributed by atoms with Crippen LogP contribution in [0.4, 0.5) is 13.6 Å². The standard InChI is InChI=1S/C21H23ClF2N6O2/c1-28(21(32)25-11-15-10-13-9-14(22)4-5-17(13)26-15)16-3-2-7-29(12-16)19(31)18-6-8-30(27-18)20(23)24/h4-6,8-10,16,20,26H,2-3,7,11-12H2,1H3,(H,25,32). The minimum Gasteiger partial charge on any atom is -0.357 e. The molecule has 0 spiro atoms. The lowest BCUT2D eigenvalue weighted by molar-refractivity contribution is 0.0535. The summed E-state index contributed by atoms with van der Waals surface area (Å²) in [6.45, 7) is -1.68. The number of aromatic amines is 1. The number of hydrogen-bond donors (Lipinski definition) is 2. The van der Waals surface area contributed by atoms with Crippen LogP contribution in [0.2, 0.25) is 5.02 Å². The number of aromatic nitrogens is 3. The lowest BCUT2D eigenvalue weighted by atomic mass is 10.0. The molecule has 8 nitrogen and oxygen atoms in total. The fourth-order valence-electron chi connectivity index (χ4n) is 3.90. The van der Waals surface area contributed by atoms with E-state index < -0.39 is 12.5 Å². The Kier molecular flexibility index (Phi) is 6.31. The monoisotopic (exact) mass is 464 g/mol. The van der Waals surface area contributed by atoms with Crippen LogP contribution in [0.1, 0.15) is 35.6 Å². The predicted octanol–water partition coefficient (Wildman–Crippen LogP) is 3.86. The molecular weight excluding hydrogens is 442 g/mol. The summed E-state index contributed by atoms with van der Waals surface area (Å²) in [5.74, 6) is -0.417. The maximum absolute atomic E-state index is 12.7. The normalized spacial score (nSPS) is 16.5. The van der Waals surface area contributed by atoms with Crippen LogP contribution in [0.3, 0.4) is 0 Å². The number of benzene rings is 1. The first-order chi connectivity index (χ1) is 15.3. The maximum atomic E-state index is 12.7. The van der Waals surface area contributed by atoms with Gasteiger partial charge in [-0.1, -0.05) is 11.6 Å². The Morgan fingerprint density at radius 3 is 2.91 bits per heavy atom. The Bertz CT molecular complexity index is 1130. The van der Waals surface area contributed by atoms with Gasteiger partial charge in [-0.3, -0.25) is 4.79 Å². The summed E-state index contributed by atoms with van der Waals surface area (Å²) in [5, 5.41) is 8.14. The average molecular weight is 465 g/mol. The molecule has 1 saturated heterocycles. The van der Waals surface area contributed by atoms with Gasteiger partial charge in [0.2, 0.25) is 0 Å². The molecule has 0 bridgehead atoms. The summed E-state index contributed by atoms with van der Waals surface area (Å²) in [4.78, 5) is 31.7. The van der Waals surface area contributed by atoms with E-state index in [2.05, 4.69) is 15.4 Å². The van der Waals surface area contributed by atoms with Gasteiger partial charge in [0, 0.05) is 48.0 Å². The van der Waals surface area contributed by atoms with Crippen molar-refractivity contribution in [3.05, 3.63) is 52.9 Å². The quantitative estimate of drug-likeness (QED) is 0.601. The largest absolute Gasteiger partial charge is 0.357 e. The van der Waals surface area contributed by atoms with Crippen LogP contribution < -0.4 is 5.32 Å². The van der Waals surface area contributed by atoms with Gasteiger partial charge >= 0.3 is 12.6 Å². The van der Waals surface area contributed by atoms with E-state index in [9.17, 15) is 18.4 Å². The number of H-pyrrole nitrogens is 1. The zero-order valence-electron chi connectivity index (χ0n) is 17.4. The van der Waals surface area contributed by atoms with Gasteiger partial charge in [0.25, 0.3) is 5.91 Å². The number of carbonyl (C=O) groups excluding carboxylic acids is 2. The van der Waals surface area contributed by atoms with Gasteiger partial charge in [0.15, 0.2) is 5.69 Å². The number of carbonyl (C=O) groups is 2. The topological polar surface area (TPSA) is 86.3 Å². The molecule has 0 aliphatic carbocycles. The fraction of sp³-hybridized carbons (Fsp3) is 0.381.